The molecule has 0 atom stereocenters. The van der Waals surface area contributed by atoms with Crippen LogP contribution in [0.1, 0.15) is 28.4 Å². The van der Waals surface area contributed by atoms with Gasteiger partial charge in [-0.2, -0.15) is 21.6 Å². The van der Waals surface area contributed by atoms with Gasteiger partial charge in [0.05, 0.1) is 0 Å². The molecule has 0 aliphatic carbocycles. The molecular weight excluding hydrogens is 285 g/mol. The predicted octanol–water partition coefficient (Wildman–Crippen LogP) is 2.73. The standard InChI is InChI=1S/C11H11F3O4S/c1-6-4-5-9(8(3)15)7(2)10(6)18-19(16,17)11(12,13)14/h4-5H,1-3H3. The first-order chi connectivity index (χ1) is 8.47. The molecule has 0 unspecified atom stereocenters. The van der Waals surface area contributed by atoms with Gasteiger partial charge in [-0.15, -0.1) is 0 Å². The first-order valence-electron chi connectivity index (χ1n) is 5.09. The van der Waals surface area contributed by atoms with Crippen LogP contribution in [0.5, 0.6) is 5.75 Å². The Morgan fingerprint density at radius 3 is 2.16 bits per heavy atom. The molecule has 0 amide bonds. The number of alkyl halides is 3. The van der Waals surface area contributed by atoms with Crippen molar-refractivity contribution in [1.82, 2.24) is 0 Å². The molecular formula is C11H11F3O4S. The molecule has 0 saturated carbocycles. The van der Waals surface area contributed by atoms with E-state index in [-0.39, 0.29) is 16.7 Å². The third-order valence-electron chi connectivity index (χ3n) is 2.46. The summed E-state index contributed by atoms with van der Waals surface area (Å²) < 4.78 is 62.8. The second-order valence-corrected chi connectivity index (χ2v) is 5.46. The van der Waals surface area contributed by atoms with E-state index in [1.54, 1.807) is 0 Å². The topological polar surface area (TPSA) is 60.4 Å². The number of carbonyl (C=O) groups is 1. The molecule has 0 saturated heterocycles. The molecule has 0 N–H and O–H groups in total. The van der Waals surface area contributed by atoms with Gasteiger partial charge in [0.25, 0.3) is 0 Å². The minimum atomic E-state index is -5.75. The highest BCUT2D eigenvalue weighted by Gasteiger charge is 2.49. The highest BCUT2D eigenvalue weighted by molar-refractivity contribution is 7.88. The summed E-state index contributed by atoms with van der Waals surface area (Å²) in [5.41, 5.74) is -5.16. The van der Waals surface area contributed by atoms with Crippen LogP contribution in [0.4, 0.5) is 13.2 Å². The van der Waals surface area contributed by atoms with Crippen LogP contribution in [-0.4, -0.2) is 19.7 Å². The maximum Gasteiger partial charge on any atom is 0.534 e. The number of benzene rings is 1. The van der Waals surface area contributed by atoms with E-state index >= 15 is 0 Å². The highest BCUT2D eigenvalue weighted by atomic mass is 32.2. The fourth-order valence-electron chi connectivity index (χ4n) is 1.49. The van der Waals surface area contributed by atoms with Crippen LogP contribution in [-0.2, 0) is 10.1 Å². The number of rotatable bonds is 3. The molecule has 19 heavy (non-hydrogen) atoms. The van der Waals surface area contributed by atoms with Crippen molar-refractivity contribution in [3.05, 3.63) is 28.8 Å². The third kappa shape index (κ3) is 3.06. The fraction of sp³-hybridized carbons (Fsp3) is 0.364. The average Bonchev–Trinajstić information content (AvgIpc) is 2.21. The summed E-state index contributed by atoms with van der Waals surface area (Å²) >= 11 is 0. The highest BCUT2D eigenvalue weighted by Crippen LogP contribution is 2.32. The second kappa shape index (κ2) is 4.84. The van der Waals surface area contributed by atoms with Crippen molar-refractivity contribution in [2.75, 3.05) is 0 Å². The van der Waals surface area contributed by atoms with E-state index in [9.17, 15) is 26.4 Å². The first-order valence-corrected chi connectivity index (χ1v) is 6.50. The molecule has 0 radical (unpaired) electrons. The summed E-state index contributed by atoms with van der Waals surface area (Å²) in [7, 11) is -5.75. The lowest BCUT2D eigenvalue weighted by Crippen LogP contribution is -2.28. The fourth-order valence-corrected chi connectivity index (χ4v) is 2.06. The Labute approximate surface area is 108 Å². The molecule has 0 aromatic heterocycles. The minimum absolute atomic E-state index is 0.0559. The second-order valence-electron chi connectivity index (χ2n) is 3.92. The van der Waals surface area contributed by atoms with Gasteiger partial charge >= 0.3 is 15.6 Å². The molecule has 4 nitrogen and oxygen atoms in total. The molecule has 0 heterocycles. The third-order valence-corrected chi connectivity index (χ3v) is 3.41. The molecule has 0 spiro atoms. The normalized spacial score (nSPS) is 12.3. The molecule has 1 aromatic rings. The SMILES string of the molecule is CC(=O)c1ccc(C)c(OS(=O)(=O)C(F)(F)F)c1C. The summed E-state index contributed by atoms with van der Waals surface area (Å²) in [4.78, 5) is 11.3. The lowest BCUT2D eigenvalue weighted by Gasteiger charge is -2.15. The summed E-state index contributed by atoms with van der Waals surface area (Å²) in [6, 6.07) is 2.73. The van der Waals surface area contributed by atoms with Crippen LogP contribution in [0.2, 0.25) is 0 Å². The van der Waals surface area contributed by atoms with Crippen LogP contribution >= 0.6 is 0 Å². The number of carbonyl (C=O) groups excluding carboxylic acids is 1. The number of ketones is 1. The van der Waals surface area contributed by atoms with Crippen molar-refractivity contribution < 1.29 is 30.6 Å². The Hall–Kier alpha value is -1.57. The number of Topliss-reactive ketones (excluding diaryl/α,β-unsaturated/α-hetero) is 1. The Morgan fingerprint density at radius 2 is 1.74 bits per heavy atom. The average molecular weight is 296 g/mol. The van der Waals surface area contributed by atoms with E-state index in [0.717, 1.165) is 0 Å². The monoisotopic (exact) mass is 296 g/mol. The maximum atomic E-state index is 12.3. The lowest BCUT2D eigenvalue weighted by atomic mass is 10.0. The van der Waals surface area contributed by atoms with Crippen molar-refractivity contribution in [2.24, 2.45) is 0 Å². The van der Waals surface area contributed by atoms with Gasteiger partial charge in [-0.1, -0.05) is 12.1 Å². The zero-order chi connectivity index (χ0) is 15.0. The smallest absolute Gasteiger partial charge is 0.375 e. The number of hydrogen-bond acceptors (Lipinski definition) is 4. The van der Waals surface area contributed by atoms with Gasteiger partial charge in [0.2, 0.25) is 0 Å². The summed E-state index contributed by atoms with van der Waals surface area (Å²) in [6.07, 6.45) is 0. The van der Waals surface area contributed by atoms with E-state index in [2.05, 4.69) is 4.18 Å². The molecule has 0 fully saturated rings. The van der Waals surface area contributed by atoms with Crippen molar-refractivity contribution in [3.63, 3.8) is 0 Å². The number of halogens is 3. The lowest BCUT2D eigenvalue weighted by molar-refractivity contribution is -0.0500. The molecule has 8 heteroatoms. The minimum Gasteiger partial charge on any atom is -0.375 e. The summed E-state index contributed by atoms with van der Waals surface area (Å²) in [6.45, 7) is 3.93. The van der Waals surface area contributed by atoms with Crippen LogP contribution in [0.15, 0.2) is 12.1 Å². The van der Waals surface area contributed by atoms with Gasteiger partial charge in [0.15, 0.2) is 5.78 Å². The van der Waals surface area contributed by atoms with Gasteiger partial charge in [0.1, 0.15) is 5.75 Å². The van der Waals surface area contributed by atoms with Crippen LogP contribution < -0.4 is 4.18 Å². The van der Waals surface area contributed by atoms with E-state index in [4.69, 9.17) is 0 Å². The number of hydrogen-bond donors (Lipinski definition) is 0. The zero-order valence-corrected chi connectivity index (χ0v) is 11.1. The quantitative estimate of drug-likeness (QED) is 0.489. The van der Waals surface area contributed by atoms with Gasteiger partial charge in [0, 0.05) is 11.1 Å². The van der Waals surface area contributed by atoms with E-state index < -0.39 is 27.2 Å². The Kier molecular flexibility index (Phi) is 3.94. The van der Waals surface area contributed by atoms with Gasteiger partial charge in [-0.05, 0) is 26.3 Å². The molecule has 1 aromatic carbocycles. The molecule has 0 aliphatic heterocycles. The Bertz CT molecular complexity index is 618. The predicted molar refractivity (Wildman–Crippen MR) is 61.5 cm³/mol. The Balaban J connectivity index is 3.38. The first kappa shape index (κ1) is 15.5. The van der Waals surface area contributed by atoms with Gasteiger partial charge in [-0.25, -0.2) is 0 Å². The number of aryl methyl sites for hydroxylation is 1. The van der Waals surface area contributed by atoms with E-state index in [1.807, 2.05) is 0 Å². The van der Waals surface area contributed by atoms with Crippen LogP contribution in [0, 0.1) is 13.8 Å². The van der Waals surface area contributed by atoms with Crippen LogP contribution in [0.25, 0.3) is 0 Å². The maximum absolute atomic E-state index is 12.3. The largest absolute Gasteiger partial charge is 0.534 e. The Morgan fingerprint density at radius 1 is 1.21 bits per heavy atom. The van der Waals surface area contributed by atoms with Crippen molar-refractivity contribution >= 4 is 15.9 Å². The summed E-state index contributed by atoms with van der Waals surface area (Å²) in [5.74, 6) is -0.864. The molecule has 106 valence electrons. The molecule has 0 aliphatic rings. The van der Waals surface area contributed by atoms with Crippen molar-refractivity contribution in [2.45, 2.75) is 26.3 Å². The van der Waals surface area contributed by atoms with E-state index in [1.165, 1.54) is 32.9 Å². The zero-order valence-electron chi connectivity index (χ0n) is 10.3. The van der Waals surface area contributed by atoms with Crippen molar-refractivity contribution in [1.29, 1.82) is 0 Å². The van der Waals surface area contributed by atoms with E-state index in [0.29, 0.717) is 0 Å². The molecule has 0 bridgehead atoms. The van der Waals surface area contributed by atoms with Gasteiger partial charge < -0.3 is 4.18 Å². The van der Waals surface area contributed by atoms with Crippen molar-refractivity contribution in [3.8, 4) is 5.75 Å². The molecule has 1 rings (SSSR count). The van der Waals surface area contributed by atoms with Crippen LogP contribution in [0.3, 0.4) is 0 Å². The van der Waals surface area contributed by atoms with Gasteiger partial charge in [-0.3, -0.25) is 4.79 Å². The summed E-state index contributed by atoms with van der Waals surface area (Å²) in [5, 5.41) is 0.